The molecule has 7 nitrogen and oxygen atoms in total. The maximum atomic E-state index is 12.8. The fourth-order valence-electron chi connectivity index (χ4n) is 7.11. The molecule has 0 bridgehead atoms. The summed E-state index contributed by atoms with van der Waals surface area (Å²) >= 11 is 0. The summed E-state index contributed by atoms with van der Waals surface area (Å²) in [6, 6.07) is 19.1. The highest BCUT2D eigenvalue weighted by molar-refractivity contribution is 5.94. The zero-order valence-corrected chi connectivity index (χ0v) is 31.1. The second-order valence-corrected chi connectivity index (χ2v) is 15.6. The Morgan fingerprint density at radius 1 is 0.673 bits per heavy atom. The molecule has 0 unspecified atom stereocenters. The molecular weight excluding hydrogens is 695 g/mol. The van der Waals surface area contributed by atoms with Crippen LogP contribution in [0.15, 0.2) is 85.2 Å². The standard InChI is InChI=1S/C23H23FN2O.C14H8FNO2.C9H17N/c24-20-9-11-21(25-15-20)10-6-17-4-7-19(8-5-17)22(27)26-16-23(12-1-13-23)14-18-2-3-18;15-12-6-8-13(16-9-12)7-3-10-1-4-11(5-2-10)14(17)18;10-7-9(4-1-5-9)6-8-2-3-8/h4-5,7-9,11,15,18H,1-3,12-14,16H2,(H,26,27);1-2,4-6,8-9H,(H,17,18);8H,1-7,10H2. The van der Waals surface area contributed by atoms with E-state index < -0.39 is 11.8 Å². The highest BCUT2D eigenvalue weighted by atomic mass is 19.1. The van der Waals surface area contributed by atoms with Crippen LogP contribution < -0.4 is 11.1 Å². The molecule has 284 valence electrons. The highest BCUT2D eigenvalue weighted by Gasteiger charge is 2.42. The van der Waals surface area contributed by atoms with Gasteiger partial charge in [-0.1, -0.05) is 50.4 Å². The lowest BCUT2D eigenvalue weighted by Gasteiger charge is -2.42. The average molecular weight is 743 g/mol. The molecule has 2 aromatic heterocycles. The van der Waals surface area contributed by atoms with Gasteiger partial charge in [-0.15, -0.1) is 0 Å². The van der Waals surface area contributed by atoms with Gasteiger partial charge in [-0.2, -0.15) is 0 Å². The number of nitrogens with zero attached hydrogens (tertiary/aromatic N) is 2. The van der Waals surface area contributed by atoms with Crippen molar-refractivity contribution < 1.29 is 23.5 Å². The molecule has 4 aliphatic carbocycles. The molecule has 4 saturated carbocycles. The molecule has 4 aromatic rings. The van der Waals surface area contributed by atoms with E-state index in [0.717, 1.165) is 42.9 Å². The van der Waals surface area contributed by atoms with E-state index in [1.807, 2.05) is 12.1 Å². The van der Waals surface area contributed by atoms with Gasteiger partial charge >= 0.3 is 5.97 Å². The van der Waals surface area contributed by atoms with E-state index in [0.29, 0.717) is 33.3 Å². The molecular formula is C46H48F2N4O3. The first-order valence-corrected chi connectivity index (χ1v) is 19.3. The van der Waals surface area contributed by atoms with Crippen LogP contribution in [0.25, 0.3) is 0 Å². The molecule has 2 aromatic carbocycles. The number of carbonyl (C=O) groups is 2. The van der Waals surface area contributed by atoms with Gasteiger partial charge in [-0.3, -0.25) is 4.79 Å². The molecule has 8 rings (SSSR count). The van der Waals surface area contributed by atoms with Crippen molar-refractivity contribution in [1.82, 2.24) is 15.3 Å². The topological polar surface area (TPSA) is 118 Å². The molecule has 0 atom stereocenters. The summed E-state index contributed by atoms with van der Waals surface area (Å²) in [7, 11) is 0. The Balaban J connectivity index is 0.000000157. The maximum Gasteiger partial charge on any atom is 0.335 e. The van der Waals surface area contributed by atoms with Crippen molar-refractivity contribution >= 4 is 11.9 Å². The number of benzene rings is 2. The van der Waals surface area contributed by atoms with E-state index in [4.69, 9.17) is 10.8 Å². The number of halogens is 2. The van der Waals surface area contributed by atoms with E-state index in [2.05, 4.69) is 39.0 Å². The summed E-state index contributed by atoms with van der Waals surface area (Å²) in [5.41, 5.74) is 10.0. The molecule has 2 heterocycles. The van der Waals surface area contributed by atoms with Crippen LogP contribution in [0, 0.1) is 58.0 Å². The number of nitrogens with two attached hydrogens (primary N) is 1. The molecule has 9 heteroatoms. The van der Waals surface area contributed by atoms with E-state index in [1.165, 1.54) is 107 Å². The Kier molecular flexibility index (Phi) is 13.1. The minimum atomic E-state index is -0.977. The van der Waals surface area contributed by atoms with Gasteiger partial charge in [0.15, 0.2) is 0 Å². The molecule has 0 radical (unpaired) electrons. The predicted octanol–water partition coefficient (Wildman–Crippen LogP) is 8.55. The van der Waals surface area contributed by atoms with Crippen LogP contribution in [0.5, 0.6) is 0 Å². The van der Waals surface area contributed by atoms with Gasteiger partial charge < -0.3 is 16.2 Å². The van der Waals surface area contributed by atoms with E-state index in [9.17, 15) is 18.4 Å². The van der Waals surface area contributed by atoms with Crippen LogP contribution in [0.1, 0.15) is 120 Å². The number of carboxylic acids is 1. The summed E-state index contributed by atoms with van der Waals surface area (Å²) in [5.74, 6) is 11.6. The minimum Gasteiger partial charge on any atom is -0.478 e. The Hall–Kier alpha value is -5.38. The first kappa shape index (κ1) is 39.3. The summed E-state index contributed by atoms with van der Waals surface area (Å²) in [5, 5.41) is 11.9. The maximum absolute atomic E-state index is 12.8. The quantitative estimate of drug-likeness (QED) is 0.148. The van der Waals surface area contributed by atoms with Crippen molar-refractivity contribution in [3.05, 3.63) is 130 Å². The van der Waals surface area contributed by atoms with Gasteiger partial charge in [-0.25, -0.2) is 23.5 Å². The number of hydrogen-bond acceptors (Lipinski definition) is 5. The van der Waals surface area contributed by atoms with Crippen LogP contribution in [0.2, 0.25) is 0 Å². The summed E-state index contributed by atoms with van der Waals surface area (Å²) < 4.78 is 25.5. The van der Waals surface area contributed by atoms with Crippen LogP contribution in [-0.2, 0) is 0 Å². The van der Waals surface area contributed by atoms with Crippen molar-refractivity contribution in [3.63, 3.8) is 0 Å². The molecule has 0 spiro atoms. The second-order valence-electron chi connectivity index (χ2n) is 15.6. The molecule has 4 fully saturated rings. The van der Waals surface area contributed by atoms with Crippen molar-refractivity contribution in [2.75, 3.05) is 13.1 Å². The number of carbonyl (C=O) groups excluding carboxylic acids is 1. The van der Waals surface area contributed by atoms with E-state index >= 15 is 0 Å². The molecule has 1 amide bonds. The third-order valence-corrected chi connectivity index (χ3v) is 11.1. The van der Waals surface area contributed by atoms with Gasteiger partial charge in [-0.05, 0) is 152 Å². The molecule has 4 aliphatic rings. The first-order chi connectivity index (χ1) is 26.6. The lowest BCUT2D eigenvalue weighted by atomic mass is 9.65. The summed E-state index contributed by atoms with van der Waals surface area (Å²) in [6.07, 6.45) is 18.7. The predicted molar refractivity (Wildman–Crippen MR) is 209 cm³/mol. The smallest absolute Gasteiger partial charge is 0.335 e. The number of aromatic carboxylic acids is 1. The number of nitrogens with one attached hydrogen (secondary N) is 1. The number of carboxylic acid groups (broad SMARTS) is 1. The lowest BCUT2D eigenvalue weighted by molar-refractivity contribution is 0.0696. The number of amides is 1. The zero-order chi connectivity index (χ0) is 38.7. The van der Waals surface area contributed by atoms with Crippen molar-refractivity contribution in [1.29, 1.82) is 0 Å². The second kappa shape index (κ2) is 18.3. The Morgan fingerprint density at radius 2 is 1.13 bits per heavy atom. The van der Waals surface area contributed by atoms with Crippen molar-refractivity contribution in [2.45, 2.75) is 77.0 Å². The van der Waals surface area contributed by atoms with Gasteiger partial charge in [0.25, 0.3) is 5.91 Å². The number of rotatable bonds is 9. The molecule has 4 N–H and O–H groups in total. The lowest BCUT2D eigenvalue weighted by Crippen LogP contribution is -2.42. The summed E-state index contributed by atoms with van der Waals surface area (Å²) in [6.45, 7) is 1.74. The Bertz CT molecular complexity index is 2020. The minimum absolute atomic E-state index is 0.0169. The third kappa shape index (κ3) is 12.1. The van der Waals surface area contributed by atoms with E-state index in [1.54, 1.807) is 30.3 Å². The van der Waals surface area contributed by atoms with Gasteiger partial charge in [0.05, 0.1) is 18.0 Å². The third-order valence-electron chi connectivity index (χ3n) is 11.1. The monoisotopic (exact) mass is 742 g/mol. The molecule has 0 aliphatic heterocycles. The zero-order valence-electron chi connectivity index (χ0n) is 31.1. The fraction of sp³-hybridized carbons (Fsp3) is 0.391. The highest BCUT2D eigenvalue weighted by Crippen LogP contribution is 2.51. The fourth-order valence-corrected chi connectivity index (χ4v) is 7.11. The normalized spacial score (nSPS) is 17.0. The van der Waals surface area contributed by atoms with E-state index in [-0.39, 0.29) is 17.3 Å². The van der Waals surface area contributed by atoms with Gasteiger partial charge in [0.1, 0.15) is 23.0 Å². The molecule has 55 heavy (non-hydrogen) atoms. The van der Waals surface area contributed by atoms with Crippen LogP contribution in [-0.4, -0.2) is 40.0 Å². The largest absolute Gasteiger partial charge is 0.478 e. The van der Waals surface area contributed by atoms with Crippen LogP contribution >= 0.6 is 0 Å². The Morgan fingerprint density at radius 3 is 1.49 bits per heavy atom. The van der Waals surface area contributed by atoms with Crippen LogP contribution in [0.4, 0.5) is 8.78 Å². The number of aromatic nitrogens is 2. The number of pyridine rings is 2. The SMILES string of the molecule is NCC1(CC2CC2)CCC1.O=C(NCC1(CC2CC2)CCC1)c1ccc(C#Cc2ccc(F)cn2)cc1.O=C(O)c1ccc(C#Cc2ccc(F)cn2)cc1. The van der Waals surface area contributed by atoms with Gasteiger partial charge in [0, 0.05) is 23.2 Å². The Labute approximate surface area is 322 Å². The first-order valence-electron chi connectivity index (χ1n) is 19.3. The summed E-state index contributed by atoms with van der Waals surface area (Å²) in [4.78, 5) is 30.8. The number of hydrogen-bond donors (Lipinski definition) is 3. The van der Waals surface area contributed by atoms with Crippen molar-refractivity contribution in [2.24, 2.45) is 28.4 Å². The van der Waals surface area contributed by atoms with Crippen LogP contribution in [0.3, 0.4) is 0 Å². The molecule has 0 saturated heterocycles. The average Bonchev–Trinajstić information content (AvgIpc) is 4.12. The van der Waals surface area contributed by atoms with Crippen molar-refractivity contribution in [3.8, 4) is 23.7 Å². The van der Waals surface area contributed by atoms with Gasteiger partial charge in [0.2, 0.25) is 0 Å².